The lowest BCUT2D eigenvalue weighted by Crippen LogP contribution is -1.93. The van der Waals surface area contributed by atoms with Gasteiger partial charge in [0, 0.05) is 10.7 Å². The molecular formula is C6H5ClO4S2. The zero-order valence-electron chi connectivity index (χ0n) is 6.44. The van der Waals surface area contributed by atoms with Gasteiger partial charge in [-0.25, -0.2) is 13.2 Å². The Bertz CT molecular complexity index is 445. The molecule has 0 saturated heterocycles. The summed E-state index contributed by atoms with van der Waals surface area (Å²) < 4.78 is 21.5. The predicted molar refractivity (Wildman–Crippen MR) is 49.1 cm³/mol. The van der Waals surface area contributed by atoms with E-state index in [9.17, 15) is 13.2 Å². The van der Waals surface area contributed by atoms with Crippen molar-refractivity contribution in [2.24, 2.45) is 0 Å². The summed E-state index contributed by atoms with van der Waals surface area (Å²) in [6, 6.07) is 1.25. The van der Waals surface area contributed by atoms with E-state index >= 15 is 0 Å². The Morgan fingerprint density at radius 3 is 2.38 bits per heavy atom. The molecule has 0 spiro atoms. The molecular weight excluding hydrogens is 236 g/mol. The van der Waals surface area contributed by atoms with Gasteiger partial charge in [-0.1, -0.05) is 0 Å². The maximum atomic E-state index is 10.8. The van der Waals surface area contributed by atoms with Gasteiger partial charge in [-0.2, -0.15) is 0 Å². The van der Waals surface area contributed by atoms with Gasteiger partial charge >= 0.3 is 5.97 Å². The number of aryl methyl sites for hydroxylation is 1. The molecule has 1 aromatic rings. The topological polar surface area (TPSA) is 71.4 Å². The van der Waals surface area contributed by atoms with Gasteiger partial charge in [0.1, 0.15) is 9.09 Å². The van der Waals surface area contributed by atoms with Gasteiger partial charge in [0.05, 0.1) is 0 Å². The van der Waals surface area contributed by atoms with Gasteiger partial charge in [0.15, 0.2) is 0 Å². The highest BCUT2D eigenvalue weighted by atomic mass is 35.7. The van der Waals surface area contributed by atoms with Crippen molar-refractivity contribution in [1.29, 1.82) is 0 Å². The molecule has 0 fully saturated rings. The first kappa shape index (κ1) is 10.5. The van der Waals surface area contributed by atoms with Gasteiger partial charge in [0.25, 0.3) is 9.05 Å². The Kier molecular flexibility index (Phi) is 2.65. The van der Waals surface area contributed by atoms with Crippen molar-refractivity contribution in [3.8, 4) is 0 Å². The molecule has 1 N–H and O–H groups in total. The molecule has 0 bridgehead atoms. The summed E-state index contributed by atoms with van der Waals surface area (Å²) in [6.45, 7) is 1.52. The zero-order chi connectivity index (χ0) is 10.2. The lowest BCUT2D eigenvalue weighted by atomic mass is 10.3. The van der Waals surface area contributed by atoms with Crippen LogP contribution in [0.5, 0.6) is 0 Å². The van der Waals surface area contributed by atoms with E-state index in [2.05, 4.69) is 0 Å². The van der Waals surface area contributed by atoms with E-state index in [0.717, 1.165) is 0 Å². The van der Waals surface area contributed by atoms with E-state index < -0.39 is 15.0 Å². The van der Waals surface area contributed by atoms with Crippen molar-refractivity contribution >= 4 is 37.0 Å². The lowest BCUT2D eigenvalue weighted by Gasteiger charge is -1.86. The van der Waals surface area contributed by atoms with E-state index in [-0.39, 0.29) is 9.09 Å². The molecule has 0 aliphatic carbocycles. The summed E-state index contributed by atoms with van der Waals surface area (Å²) in [4.78, 5) is 10.5. The maximum Gasteiger partial charge on any atom is 0.346 e. The highest BCUT2D eigenvalue weighted by molar-refractivity contribution is 8.15. The maximum absolute atomic E-state index is 10.8. The molecule has 72 valence electrons. The van der Waals surface area contributed by atoms with Crippen molar-refractivity contribution in [3.63, 3.8) is 0 Å². The molecule has 4 nitrogen and oxygen atoms in total. The van der Waals surface area contributed by atoms with Crippen LogP contribution in [-0.2, 0) is 9.05 Å². The summed E-state index contributed by atoms with van der Waals surface area (Å²) in [5, 5.41) is 8.62. The van der Waals surface area contributed by atoms with Crippen LogP contribution in [0.3, 0.4) is 0 Å². The van der Waals surface area contributed by atoms with Crippen LogP contribution < -0.4 is 0 Å². The van der Waals surface area contributed by atoms with E-state index in [1.165, 1.54) is 13.0 Å². The molecule has 0 aromatic carbocycles. The standard InChI is InChI=1S/C6H5ClO4S2/c1-3-2-4(13(7,10)11)12-5(3)6(8)9/h2H,1H3,(H,8,9). The molecule has 0 saturated carbocycles. The van der Waals surface area contributed by atoms with Crippen molar-refractivity contribution in [1.82, 2.24) is 0 Å². The second-order valence-corrected chi connectivity index (χ2v) is 6.17. The van der Waals surface area contributed by atoms with Crippen molar-refractivity contribution < 1.29 is 18.3 Å². The normalized spacial score (nSPS) is 11.5. The molecule has 13 heavy (non-hydrogen) atoms. The number of hydrogen-bond donors (Lipinski definition) is 1. The molecule has 0 aliphatic rings. The number of hydrogen-bond acceptors (Lipinski definition) is 4. The van der Waals surface area contributed by atoms with Gasteiger partial charge in [-0.15, -0.1) is 11.3 Å². The molecule has 7 heteroatoms. The Labute approximate surface area is 83.2 Å². The van der Waals surface area contributed by atoms with Gasteiger partial charge < -0.3 is 5.11 Å². The van der Waals surface area contributed by atoms with Crippen LogP contribution in [-0.4, -0.2) is 19.5 Å². The first-order chi connectivity index (χ1) is 5.82. The Morgan fingerprint density at radius 2 is 2.15 bits per heavy atom. The van der Waals surface area contributed by atoms with Crippen LogP contribution in [0.15, 0.2) is 10.3 Å². The highest BCUT2D eigenvalue weighted by Crippen LogP contribution is 2.28. The van der Waals surface area contributed by atoms with E-state index in [1.807, 2.05) is 0 Å². The summed E-state index contributed by atoms with van der Waals surface area (Å²) in [6.07, 6.45) is 0. The van der Waals surface area contributed by atoms with E-state index in [4.69, 9.17) is 15.8 Å². The summed E-state index contributed by atoms with van der Waals surface area (Å²) >= 11 is 0.655. The summed E-state index contributed by atoms with van der Waals surface area (Å²) in [5.74, 6) is -1.14. The fourth-order valence-electron chi connectivity index (χ4n) is 0.785. The molecule has 1 aromatic heterocycles. The smallest absolute Gasteiger partial charge is 0.346 e. The van der Waals surface area contributed by atoms with Gasteiger partial charge in [-0.05, 0) is 18.6 Å². The van der Waals surface area contributed by atoms with Crippen LogP contribution in [0, 0.1) is 6.92 Å². The van der Waals surface area contributed by atoms with Crippen LogP contribution in [0.25, 0.3) is 0 Å². The minimum absolute atomic E-state index is 0.000718. The second kappa shape index (κ2) is 3.28. The Hall–Kier alpha value is -0.590. The average molecular weight is 241 g/mol. The first-order valence-electron chi connectivity index (χ1n) is 3.11. The molecule has 1 rings (SSSR count). The average Bonchev–Trinajstić information content (AvgIpc) is 2.29. The lowest BCUT2D eigenvalue weighted by molar-refractivity contribution is 0.0701. The Morgan fingerprint density at radius 1 is 1.62 bits per heavy atom. The minimum atomic E-state index is -3.81. The molecule has 0 atom stereocenters. The van der Waals surface area contributed by atoms with Gasteiger partial charge in [0.2, 0.25) is 0 Å². The van der Waals surface area contributed by atoms with Gasteiger partial charge in [-0.3, -0.25) is 0 Å². The number of halogens is 1. The van der Waals surface area contributed by atoms with Crippen LogP contribution in [0.2, 0.25) is 0 Å². The minimum Gasteiger partial charge on any atom is -0.477 e. The molecule has 0 unspecified atom stereocenters. The second-order valence-electron chi connectivity index (χ2n) is 2.32. The largest absolute Gasteiger partial charge is 0.477 e. The van der Waals surface area contributed by atoms with Crippen LogP contribution in [0.4, 0.5) is 0 Å². The number of rotatable bonds is 2. The third-order valence-corrected chi connectivity index (χ3v) is 4.63. The third kappa shape index (κ3) is 2.20. The fourth-order valence-corrected chi connectivity index (χ4v) is 2.91. The van der Waals surface area contributed by atoms with Crippen molar-refractivity contribution in [2.45, 2.75) is 11.1 Å². The number of aromatic carboxylic acids is 1. The van der Waals surface area contributed by atoms with Crippen LogP contribution >= 0.6 is 22.0 Å². The number of carbonyl (C=O) groups is 1. The van der Waals surface area contributed by atoms with Crippen molar-refractivity contribution in [2.75, 3.05) is 0 Å². The zero-order valence-corrected chi connectivity index (χ0v) is 8.83. The third-order valence-electron chi connectivity index (χ3n) is 1.33. The predicted octanol–water partition coefficient (Wildman–Crippen LogP) is 1.68. The van der Waals surface area contributed by atoms with Crippen LogP contribution in [0.1, 0.15) is 15.2 Å². The number of carboxylic acids is 1. The summed E-state index contributed by atoms with van der Waals surface area (Å²) in [7, 11) is 1.23. The molecule has 0 radical (unpaired) electrons. The first-order valence-corrected chi connectivity index (χ1v) is 6.23. The van der Waals surface area contributed by atoms with Crippen molar-refractivity contribution in [3.05, 3.63) is 16.5 Å². The molecule has 0 aliphatic heterocycles. The van der Waals surface area contributed by atoms with E-state index in [1.54, 1.807) is 0 Å². The summed E-state index contributed by atoms with van der Waals surface area (Å²) in [5.41, 5.74) is 0.400. The number of carboxylic acid groups (broad SMARTS) is 1. The highest BCUT2D eigenvalue weighted by Gasteiger charge is 2.19. The SMILES string of the molecule is Cc1cc(S(=O)(=O)Cl)sc1C(=O)O. The monoisotopic (exact) mass is 240 g/mol. The molecule has 0 amide bonds. The Balaban J connectivity index is 3.33. The van der Waals surface area contributed by atoms with E-state index in [0.29, 0.717) is 16.9 Å². The fraction of sp³-hybridized carbons (Fsp3) is 0.167. The number of thiophene rings is 1. The quantitative estimate of drug-likeness (QED) is 0.799. The molecule has 1 heterocycles.